The Kier molecular flexibility index (Phi) is 5.08. The first-order valence-electron chi connectivity index (χ1n) is 4.12. The molecule has 0 aliphatic carbocycles. The number of hydrogen-bond acceptors (Lipinski definition) is 3. The minimum absolute atomic E-state index is 0. The second kappa shape index (κ2) is 5.06. The average molecular weight is 354 g/mol. The minimum atomic E-state index is -6.87. The van der Waals surface area contributed by atoms with Crippen molar-refractivity contribution in [1.29, 1.82) is 0 Å². The van der Waals surface area contributed by atoms with Crippen molar-refractivity contribution in [1.82, 2.24) is 0 Å². The summed E-state index contributed by atoms with van der Waals surface area (Å²) in [6, 6.07) is 0. The van der Waals surface area contributed by atoms with Crippen molar-refractivity contribution in [3.63, 3.8) is 0 Å². The molecule has 15 heteroatoms. The largest absolute Gasteiger partial charge is 1.00 e. The number of rotatable bonds is 1. The summed E-state index contributed by atoms with van der Waals surface area (Å²) in [5.74, 6) is -12.8. The van der Waals surface area contributed by atoms with E-state index in [-0.39, 0.29) is 31.0 Å². The van der Waals surface area contributed by atoms with Gasteiger partial charge in [0.05, 0.1) is 0 Å². The van der Waals surface area contributed by atoms with Gasteiger partial charge in [-0.15, -0.1) is 0 Å². The molecule has 0 aromatic heterocycles. The molecule has 1 N–H and O–H groups in total. The fraction of sp³-hybridized carbons (Fsp3) is 1.00. The van der Waals surface area contributed by atoms with Crippen LogP contribution in [0.2, 0.25) is 0 Å². The van der Waals surface area contributed by atoms with Gasteiger partial charge in [-0.1, -0.05) is 0 Å². The van der Waals surface area contributed by atoms with Crippen LogP contribution in [-0.2, 0) is 9.47 Å². The summed E-state index contributed by atoms with van der Waals surface area (Å²) in [5.41, 5.74) is 0. The Hall–Kier alpha value is 0.110. The van der Waals surface area contributed by atoms with Gasteiger partial charge in [-0.05, 0) is 0 Å². The van der Waals surface area contributed by atoms with Crippen molar-refractivity contribution >= 4 is 0 Å². The third-order valence-corrected chi connectivity index (χ3v) is 2.06. The first-order chi connectivity index (χ1) is 8.41. The van der Waals surface area contributed by atoms with Crippen LogP contribution in [0.15, 0.2) is 0 Å². The molecule has 1 rings (SSSR count). The molecule has 1 saturated heterocycles. The second-order valence-electron chi connectivity index (χ2n) is 3.47. The number of aliphatic hydroxyl groups is 1. The van der Waals surface area contributed by atoms with Crippen molar-refractivity contribution in [2.45, 2.75) is 36.2 Å². The van der Waals surface area contributed by atoms with Crippen LogP contribution in [0.25, 0.3) is 0 Å². The zero-order valence-electron chi connectivity index (χ0n) is 10.4. The van der Waals surface area contributed by atoms with E-state index in [0.717, 1.165) is 0 Å². The topological polar surface area (TPSA) is 38.7 Å². The molecular weight excluding hydrogens is 352 g/mol. The summed E-state index contributed by atoms with van der Waals surface area (Å²) in [4.78, 5) is 0. The molecule has 122 valence electrons. The Balaban J connectivity index is 0. The van der Waals surface area contributed by atoms with Gasteiger partial charge in [0.15, 0.2) is 0 Å². The van der Waals surface area contributed by atoms with Crippen LogP contribution in [0.5, 0.6) is 0 Å². The summed E-state index contributed by atoms with van der Waals surface area (Å²) in [7, 11) is 0. The smallest absolute Gasteiger partial charge is 1.00 e. The van der Waals surface area contributed by atoms with Crippen molar-refractivity contribution in [3.05, 3.63) is 0 Å². The third kappa shape index (κ3) is 2.85. The van der Waals surface area contributed by atoms with E-state index in [0.29, 0.717) is 0 Å². The maximum Gasteiger partial charge on any atom is 1.00 e. The van der Waals surface area contributed by atoms with Crippen molar-refractivity contribution in [3.8, 4) is 0 Å². The van der Waals surface area contributed by atoms with Crippen molar-refractivity contribution in [2.75, 3.05) is 0 Å². The molecule has 0 spiro atoms. The van der Waals surface area contributed by atoms with Gasteiger partial charge in [-0.25, -0.2) is 0 Å². The maximum absolute atomic E-state index is 13.0. The molecule has 2 unspecified atom stereocenters. The fourth-order valence-electron chi connectivity index (χ4n) is 1.16. The molecule has 2 atom stereocenters. The molecule has 0 amide bonds. The monoisotopic (exact) mass is 354 g/mol. The zero-order chi connectivity index (χ0) is 16.4. The Bertz CT molecular complexity index is 390. The summed E-state index contributed by atoms with van der Waals surface area (Å²) in [6.45, 7) is 0. The summed E-state index contributed by atoms with van der Waals surface area (Å²) in [6.07, 6.45) is -26.6. The van der Waals surface area contributed by atoms with Crippen LogP contribution in [-0.4, -0.2) is 41.3 Å². The van der Waals surface area contributed by atoms with Gasteiger partial charge >= 0.3 is 65.8 Å². The van der Waals surface area contributed by atoms with E-state index < -0.39 is 36.2 Å². The van der Waals surface area contributed by atoms with E-state index in [2.05, 4.69) is 9.47 Å². The van der Waals surface area contributed by atoms with Crippen molar-refractivity contribution in [2.24, 2.45) is 0 Å². The molecular formula is C6H2F11NaO3. The second-order valence-corrected chi connectivity index (χ2v) is 3.47. The predicted octanol–water partition coefficient (Wildman–Crippen LogP) is -0.186. The van der Waals surface area contributed by atoms with Gasteiger partial charge in [-0.3, -0.25) is 9.47 Å². The average Bonchev–Trinajstić information content (AvgIpc) is 2.32. The molecule has 1 heterocycles. The molecule has 0 bridgehead atoms. The number of ether oxygens (including phenoxy) is 2. The molecule has 21 heavy (non-hydrogen) atoms. The van der Waals surface area contributed by atoms with E-state index in [4.69, 9.17) is 5.11 Å². The fourth-order valence-corrected chi connectivity index (χ4v) is 1.16. The molecule has 0 saturated carbocycles. The summed E-state index contributed by atoms with van der Waals surface area (Å²) >= 11 is 0. The van der Waals surface area contributed by atoms with Crippen molar-refractivity contribution < 1.29 is 93.9 Å². The number of halogens is 11. The quantitative estimate of drug-likeness (QED) is 0.525. The first kappa shape index (κ1) is 21.1. The Morgan fingerprint density at radius 1 is 0.762 bits per heavy atom. The van der Waals surface area contributed by atoms with Crippen LogP contribution < -0.4 is 29.6 Å². The van der Waals surface area contributed by atoms with E-state index in [1.165, 1.54) is 0 Å². The predicted molar refractivity (Wildman–Crippen MR) is 34.1 cm³/mol. The number of hydrogen-bond donors (Lipinski definition) is 1. The van der Waals surface area contributed by atoms with E-state index >= 15 is 0 Å². The molecule has 0 aromatic carbocycles. The number of alkyl halides is 11. The van der Waals surface area contributed by atoms with E-state index in [9.17, 15) is 48.3 Å². The van der Waals surface area contributed by atoms with Gasteiger partial charge in [0.1, 0.15) is 0 Å². The molecule has 1 aliphatic rings. The summed E-state index contributed by atoms with van der Waals surface area (Å²) < 4.78 is 140. The molecule has 3 nitrogen and oxygen atoms in total. The standard InChI is InChI=1S/C6HF11O3.Na.H/c7-1(3(8,9)10)6(16,17)20-2(19-1,4(11,12)13)5(14,15)18;;/h18H;;/q;+1;-1. The molecule has 0 aromatic rings. The molecule has 1 fully saturated rings. The van der Waals surface area contributed by atoms with E-state index in [1.807, 2.05) is 0 Å². The van der Waals surface area contributed by atoms with Crippen LogP contribution in [0.3, 0.4) is 0 Å². The minimum Gasteiger partial charge on any atom is -1.00 e. The van der Waals surface area contributed by atoms with Gasteiger partial charge in [0.25, 0.3) is 0 Å². The van der Waals surface area contributed by atoms with Crippen LogP contribution in [0.1, 0.15) is 1.43 Å². The van der Waals surface area contributed by atoms with Gasteiger partial charge in [0.2, 0.25) is 0 Å². The van der Waals surface area contributed by atoms with Gasteiger partial charge in [0, 0.05) is 0 Å². The Morgan fingerprint density at radius 2 is 1.14 bits per heavy atom. The maximum atomic E-state index is 13.0. The normalized spacial score (nSPS) is 33.7. The molecule has 1 aliphatic heterocycles. The molecule has 0 radical (unpaired) electrons. The SMILES string of the molecule is OC(F)(F)C1(C(F)(F)F)OC(F)(F)C(F)(C(F)(F)F)O1.[H-].[Na+]. The Morgan fingerprint density at radius 3 is 1.29 bits per heavy atom. The van der Waals surface area contributed by atoms with Crippen LogP contribution in [0, 0.1) is 0 Å². The van der Waals surface area contributed by atoms with E-state index in [1.54, 1.807) is 0 Å². The zero-order valence-corrected chi connectivity index (χ0v) is 11.4. The van der Waals surface area contributed by atoms with Crippen LogP contribution in [0.4, 0.5) is 48.3 Å². The van der Waals surface area contributed by atoms with Crippen LogP contribution >= 0.6 is 0 Å². The summed E-state index contributed by atoms with van der Waals surface area (Å²) in [5, 5.41) is 7.86. The third-order valence-electron chi connectivity index (χ3n) is 2.06. The Labute approximate surface area is 130 Å². The van der Waals surface area contributed by atoms with Gasteiger partial charge in [-0.2, -0.15) is 48.3 Å². The first-order valence-corrected chi connectivity index (χ1v) is 4.12. The van der Waals surface area contributed by atoms with Gasteiger partial charge < -0.3 is 6.53 Å².